The van der Waals surface area contributed by atoms with E-state index >= 15 is 0 Å². The second kappa shape index (κ2) is 6.38. The second-order valence-electron chi connectivity index (χ2n) is 5.05. The number of carbonyl (C=O) groups is 2. The van der Waals surface area contributed by atoms with Gasteiger partial charge in [0, 0.05) is 0 Å². The number of hydrogen-bond acceptors (Lipinski definition) is 3. The molecule has 116 valence electrons. The van der Waals surface area contributed by atoms with E-state index in [1.165, 1.54) is 17.0 Å². The van der Waals surface area contributed by atoms with Crippen LogP contribution in [-0.2, 0) is 11.2 Å². The first-order chi connectivity index (χ1) is 11.1. The molecule has 23 heavy (non-hydrogen) atoms. The molecule has 1 heterocycles. The second-order valence-corrected chi connectivity index (χ2v) is 6.05. The average Bonchev–Trinajstić information content (AvgIpc) is 2.81. The molecule has 0 bridgehead atoms. The van der Waals surface area contributed by atoms with Crippen molar-refractivity contribution in [1.29, 1.82) is 0 Å². The zero-order chi connectivity index (χ0) is 16.4. The monoisotopic (exact) mass is 327 g/mol. The predicted molar refractivity (Wildman–Crippen MR) is 90.7 cm³/mol. The van der Waals surface area contributed by atoms with Crippen LogP contribution in [0.25, 0.3) is 6.08 Å². The van der Waals surface area contributed by atoms with Crippen LogP contribution < -0.4 is 4.90 Å². The summed E-state index contributed by atoms with van der Waals surface area (Å²) in [6.07, 6.45) is 2.27. The maximum Gasteiger partial charge on any atom is 0.298 e. The summed E-state index contributed by atoms with van der Waals surface area (Å²) in [5.41, 5.74) is 2.10. The Morgan fingerprint density at radius 3 is 2.65 bits per heavy atom. The molecule has 0 saturated carbocycles. The summed E-state index contributed by atoms with van der Waals surface area (Å²) in [4.78, 5) is 26.4. The number of rotatable bonds is 3. The maximum absolute atomic E-state index is 13.3. The summed E-state index contributed by atoms with van der Waals surface area (Å²) in [6, 6.07) is 13.3. The number of hydrogen-bond donors (Lipinski definition) is 0. The minimum Gasteiger partial charge on any atom is -0.268 e. The van der Waals surface area contributed by atoms with E-state index in [9.17, 15) is 14.0 Å². The Labute approximate surface area is 137 Å². The zero-order valence-corrected chi connectivity index (χ0v) is 13.3. The van der Waals surface area contributed by atoms with E-state index in [0.717, 1.165) is 23.7 Å². The molecule has 2 aromatic rings. The molecule has 0 aromatic heterocycles. The van der Waals surface area contributed by atoms with Crippen LogP contribution in [0.15, 0.2) is 53.4 Å². The maximum atomic E-state index is 13.3. The van der Waals surface area contributed by atoms with Crippen LogP contribution in [0.1, 0.15) is 18.1 Å². The Balaban J connectivity index is 1.97. The quantitative estimate of drug-likeness (QED) is 0.771. The van der Waals surface area contributed by atoms with Gasteiger partial charge in [0.25, 0.3) is 11.1 Å². The fraction of sp³-hybridized carbons (Fsp3) is 0.111. The fourth-order valence-electron chi connectivity index (χ4n) is 2.45. The first-order valence-corrected chi connectivity index (χ1v) is 8.03. The number of aryl methyl sites for hydroxylation is 1. The van der Waals surface area contributed by atoms with E-state index in [4.69, 9.17) is 0 Å². The zero-order valence-electron chi connectivity index (χ0n) is 12.5. The number of nitrogens with zero attached hydrogens (tertiary/aromatic N) is 1. The number of anilines is 1. The highest BCUT2D eigenvalue weighted by Gasteiger charge is 2.37. The molecule has 5 heteroatoms. The molecule has 0 radical (unpaired) electrons. The predicted octanol–water partition coefficient (Wildman–Crippen LogP) is 4.63. The summed E-state index contributed by atoms with van der Waals surface area (Å²) >= 11 is 0.873. The van der Waals surface area contributed by atoms with Gasteiger partial charge in [0.05, 0.1) is 10.6 Å². The third kappa shape index (κ3) is 3.05. The van der Waals surface area contributed by atoms with Gasteiger partial charge < -0.3 is 0 Å². The van der Waals surface area contributed by atoms with Crippen molar-refractivity contribution in [3.63, 3.8) is 0 Å². The van der Waals surface area contributed by atoms with Gasteiger partial charge in [0.1, 0.15) is 5.82 Å². The third-order valence-electron chi connectivity index (χ3n) is 3.55. The molecular formula is C18H14FNO2S. The van der Waals surface area contributed by atoms with Crippen LogP contribution in [0.4, 0.5) is 14.9 Å². The molecule has 2 amide bonds. The van der Waals surface area contributed by atoms with Gasteiger partial charge >= 0.3 is 0 Å². The number of thioether (sulfide) groups is 1. The van der Waals surface area contributed by atoms with Gasteiger partial charge in [0.2, 0.25) is 0 Å². The molecule has 0 unspecified atom stereocenters. The molecule has 2 aromatic carbocycles. The standard InChI is InChI=1S/C18H14FNO2S/c1-2-13-7-3-4-9-15(13)20-17(21)16(23-18(20)22)11-12-6-5-8-14(19)10-12/h3-11H,2H2,1H3/b16-11-. The van der Waals surface area contributed by atoms with E-state index in [1.807, 2.05) is 19.1 Å². The average molecular weight is 327 g/mol. The van der Waals surface area contributed by atoms with Gasteiger partial charge in [-0.1, -0.05) is 37.3 Å². The molecule has 0 aliphatic carbocycles. The number of carbonyl (C=O) groups excluding carboxylic acids is 2. The van der Waals surface area contributed by atoms with Crippen molar-refractivity contribution in [3.05, 3.63) is 70.4 Å². The summed E-state index contributed by atoms with van der Waals surface area (Å²) in [5.74, 6) is -0.750. The van der Waals surface area contributed by atoms with Crippen molar-refractivity contribution in [2.24, 2.45) is 0 Å². The van der Waals surface area contributed by atoms with E-state index in [1.54, 1.807) is 30.3 Å². The van der Waals surface area contributed by atoms with Crippen LogP contribution in [0.5, 0.6) is 0 Å². The van der Waals surface area contributed by atoms with Crippen molar-refractivity contribution < 1.29 is 14.0 Å². The summed E-state index contributed by atoms with van der Waals surface area (Å²) in [7, 11) is 0. The Morgan fingerprint density at radius 2 is 1.91 bits per heavy atom. The van der Waals surface area contributed by atoms with Crippen molar-refractivity contribution in [2.75, 3.05) is 4.90 Å². The van der Waals surface area contributed by atoms with Crippen molar-refractivity contribution in [2.45, 2.75) is 13.3 Å². The number of benzene rings is 2. The Morgan fingerprint density at radius 1 is 1.13 bits per heavy atom. The first-order valence-electron chi connectivity index (χ1n) is 7.21. The number of para-hydroxylation sites is 1. The minimum atomic E-state index is -0.380. The molecule has 0 N–H and O–H groups in total. The summed E-state index contributed by atoms with van der Waals surface area (Å²) in [6.45, 7) is 1.97. The van der Waals surface area contributed by atoms with Crippen LogP contribution in [0.2, 0.25) is 0 Å². The van der Waals surface area contributed by atoms with Crippen LogP contribution in [0, 0.1) is 5.82 Å². The first kappa shape index (κ1) is 15.5. The number of imide groups is 1. The normalized spacial score (nSPS) is 16.4. The molecule has 1 saturated heterocycles. The lowest BCUT2D eigenvalue weighted by atomic mass is 10.1. The molecule has 1 aliphatic heterocycles. The molecule has 0 spiro atoms. The van der Waals surface area contributed by atoms with E-state index in [-0.39, 0.29) is 17.0 Å². The van der Waals surface area contributed by atoms with Crippen LogP contribution in [0.3, 0.4) is 0 Å². The fourth-order valence-corrected chi connectivity index (χ4v) is 3.29. The van der Waals surface area contributed by atoms with Gasteiger partial charge in [0.15, 0.2) is 0 Å². The molecule has 3 rings (SSSR count). The molecule has 1 fully saturated rings. The third-order valence-corrected chi connectivity index (χ3v) is 4.42. The summed E-state index contributed by atoms with van der Waals surface area (Å²) < 4.78 is 13.3. The van der Waals surface area contributed by atoms with Crippen LogP contribution in [-0.4, -0.2) is 11.1 Å². The Bertz CT molecular complexity index is 816. The summed E-state index contributed by atoms with van der Waals surface area (Å²) in [5, 5.41) is -0.335. The lowest BCUT2D eigenvalue weighted by Crippen LogP contribution is -2.28. The molecule has 1 aliphatic rings. The lowest BCUT2D eigenvalue weighted by molar-refractivity contribution is -0.113. The van der Waals surface area contributed by atoms with Gasteiger partial charge in [-0.05, 0) is 53.6 Å². The highest BCUT2D eigenvalue weighted by atomic mass is 32.2. The van der Waals surface area contributed by atoms with Gasteiger partial charge in [-0.3, -0.25) is 9.59 Å². The highest BCUT2D eigenvalue weighted by molar-refractivity contribution is 8.19. The Hall–Kier alpha value is -2.40. The van der Waals surface area contributed by atoms with E-state index in [0.29, 0.717) is 16.2 Å². The minimum absolute atomic E-state index is 0.298. The van der Waals surface area contributed by atoms with Crippen molar-refractivity contribution in [3.8, 4) is 0 Å². The number of amides is 2. The van der Waals surface area contributed by atoms with Crippen LogP contribution >= 0.6 is 11.8 Å². The number of halogens is 1. The largest absolute Gasteiger partial charge is 0.298 e. The topological polar surface area (TPSA) is 37.4 Å². The Kier molecular flexibility index (Phi) is 4.30. The van der Waals surface area contributed by atoms with Gasteiger partial charge in [-0.15, -0.1) is 0 Å². The smallest absolute Gasteiger partial charge is 0.268 e. The molecular weight excluding hydrogens is 313 g/mol. The van der Waals surface area contributed by atoms with Crippen molar-refractivity contribution >= 4 is 34.7 Å². The molecule has 0 atom stereocenters. The highest BCUT2D eigenvalue weighted by Crippen LogP contribution is 2.37. The van der Waals surface area contributed by atoms with Gasteiger partial charge in [-0.25, -0.2) is 9.29 Å². The van der Waals surface area contributed by atoms with Crippen molar-refractivity contribution in [1.82, 2.24) is 0 Å². The van der Waals surface area contributed by atoms with E-state index < -0.39 is 0 Å². The SMILES string of the molecule is CCc1ccccc1N1C(=O)S/C(=C\c2cccc(F)c2)C1=O. The molecule has 3 nitrogen and oxygen atoms in total. The lowest BCUT2D eigenvalue weighted by Gasteiger charge is -2.16. The van der Waals surface area contributed by atoms with E-state index in [2.05, 4.69) is 0 Å². The van der Waals surface area contributed by atoms with Gasteiger partial charge in [-0.2, -0.15) is 0 Å².